The van der Waals surface area contributed by atoms with Crippen molar-refractivity contribution in [1.29, 1.82) is 0 Å². The van der Waals surface area contributed by atoms with Gasteiger partial charge in [0.25, 0.3) is 0 Å². The summed E-state index contributed by atoms with van der Waals surface area (Å²) in [4.78, 5) is 21.9. The standard InChI is InChI=1S/C13H27N3O2/c1-3-12(17)15-10-6-5-8-14-9-7-11-16-13(18)4-2/h14H,3-11H2,1-2H3,(H,15,17)(H,16,18). The van der Waals surface area contributed by atoms with Crippen molar-refractivity contribution in [3.8, 4) is 0 Å². The molecular weight excluding hydrogens is 230 g/mol. The minimum Gasteiger partial charge on any atom is -0.356 e. The second-order valence-electron chi connectivity index (χ2n) is 4.22. The number of rotatable bonds is 11. The van der Waals surface area contributed by atoms with Crippen LogP contribution in [0.4, 0.5) is 0 Å². The van der Waals surface area contributed by atoms with Gasteiger partial charge in [0.2, 0.25) is 11.8 Å². The van der Waals surface area contributed by atoms with Gasteiger partial charge in [-0.15, -0.1) is 0 Å². The number of carbonyl (C=O) groups is 2. The summed E-state index contributed by atoms with van der Waals surface area (Å²) in [5, 5.41) is 9.00. The van der Waals surface area contributed by atoms with Gasteiger partial charge in [-0.05, 0) is 32.4 Å². The van der Waals surface area contributed by atoms with Crippen molar-refractivity contribution in [3.05, 3.63) is 0 Å². The molecule has 0 fully saturated rings. The molecule has 0 aliphatic carbocycles. The maximum atomic E-state index is 10.9. The molecule has 0 saturated carbocycles. The molecule has 0 saturated heterocycles. The first-order chi connectivity index (χ1) is 8.70. The van der Waals surface area contributed by atoms with E-state index in [1.807, 2.05) is 13.8 Å². The predicted octanol–water partition coefficient (Wildman–Crippen LogP) is 0.799. The molecule has 0 aromatic heterocycles. The van der Waals surface area contributed by atoms with E-state index in [-0.39, 0.29) is 11.8 Å². The first-order valence-corrected chi connectivity index (χ1v) is 6.94. The van der Waals surface area contributed by atoms with Gasteiger partial charge in [0.1, 0.15) is 0 Å². The van der Waals surface area contributed by atoms with E-state index >= 15 is 0 Å². The van der Waals surface area contributed by atoms with Crippen LogP contribution < -0.4 is 16.0 Å². The molecule has 0 heterocycles. The Bertz CT molecular complexity index is 208. The van der Waals surface area contributed by atoms with Crippen molar-refractivity contribution in [2.45, 2.75) is 46.0 Å². The van der Waals surface area contributed by atoms with Crippen LogP contribution in [-0.2, 0) is 9.59 Å². The van der Waals surface area contributed by atoms with Gasteiger partial charge in [-0.2, -0.15) is 0 Å². The molecule has 0 radical (unpaired) electrons. The zero-order valence-corrected chi connectivity index (χ0v) is 11.7. The highest BCUT2D eigenvalue weighted by atomic mass is 16.2. The van der Waals surface area contributed by atoms with Crippen molar-refractivity contribution in [2.75, 3.05) is 26.2 Å². The Morgan fingerprint density at radius 2 is 1.17 bits per heavy atom. The highest BCUT2D eigenvalue weighted by Gasteiger charge is 1.96. The van der Waals surface area contributed by atoms with Crippen LogP contribution >= 0.6 is 0 Å². The number of nitrogens with one attached hydrogen (secondary N) is 3. The first kappa shape index (κ1) is 16.9. The Balaban J connectivity index is 3.07. The first-order valence-electron chi connectivity index (χ1n) is 6.94. The lowest BCUT2D eigenvalue weighted by Crippen LogP contribution is -2.27. The summed E-state index contributed by atoms with van der Waals surface area (Å²) in [6.45, 7) is 7.10. The SMILES string of the molecule is CCC(=O)NCCCCNCCCNC(=O)CC. The zero-order chi connectivity index (χ0) is 13.6. The van der Waals surface area contributed by atoms with Gasteiger partial charge in [0.05, 0.1) is 0 Å². The molecule has 0 aliphatic heterocycles. The molecule has 5 heteroatoms. The lowest BCUT2D eigenvalue weighted by molar-refractivity contribution is -0.121. The normalized spacial score (nSPS) is 10.1. The molecule has 0 aromatic rings. The van der Waals surface area contributed by atoms with E-state index in [1.54, 1.807) is 0 Å². The Morgan fingerprint density at radius 3 is 1.72 bits per heavy atom. The summed E-state index contributed by atoms with van der Waals surface area (Å²) < 4.78 is 0. The Hall–Kier alpha value is -1.10. The molecule has 0 rings (SSSR count). The van der Waals surface area contributed by atoms with Gasteiger partial charge >= 0.3 is 0 Å². The molecule has 18 heavy (non-hydrogen) atoms. The Morgan fingerprint density at radius 1 is 0.722 bits per heavy atom. The summed E-state index contributed by atoms with van der Waals surface area (Å²) in [5.41, 5.74) is 0. The molecule has 2 amide bonds. The third kappa shape index (κ3) is 11.4. The average molecular weight is 257 g/mol. The fraction of sp³-hybridized carbons (Fsp3) is 0.846. The number of carbonyl (C=O) groups excluding carboxylic acids is 2. The summed E-state index contributed by atoms with van der Waals surface area (Å²) in [5.74, 6) is 0.233. The van der Waals surface area contributed by atoms with Crippen molar-refractivity contribution in [3.63, 3.8) is 0 Å². The number of hydrogen-bond acceptors (Lipinski definition) is 3. The van der Waals surface area contributed by atoms with Gasteiger partial charge in [0, 0.05) is 25.9 Å². The highest BCUT2D eigenvalue weighted by molar-refractivity contribution is 5.75. The summed E-state index contributed by atoms with van der Waals surface area (Å²) in [7, 11) is 0. The molecular formula is C13H27N3O2. The topological polar surface area (TPSA) is 70.2 Å². The molecule has 3 N–H and O–H groups in total. The summed E-state index contributed by atoms with van der Waals surface area (Å²) in [6.07, 6.45) is 4.13. The molecule has 106 valence electrons. The third-order valence-corrected chi connectivity index (χ3v) is 2.60. The summed E-state index contributed by atoms with van der Waals surface area (Å²) in [6, 6.07) is 0. The van der Waals surface area contributed by atoms with Gasteiger partial charge in [0.15, 0.2) is 0 Å². The number of hydrogen-bond donors (Lipinski definition) is 3. The largest absolute Gasteiger partial charge is 0.356 e. The van der Waals surface area contributed by atoms with Crippen LogP contribution in [0.3, 0.4) is 0 Å². The Kier molecular flexibility index (Phi) is 11.6. The van der Waals surface area contributed by atoms with Gasteiger partial charge in [-0.1, -0.05) is 13.8 Å². The van der Waals surface area contributed by atoms with E-state index < -0.39 is 0 Å². The third-order valence-electron chi connectivity index (χ3n) is 2.60. The average Bonchev–Trinajstić information content (AvgIpc) is 2.40. The van der Waals surface area contributed by atoms with Crippen molar-refractivity contribution < 1.29 is 9.59 Å². The van der Waals surface area contributed by atoms with Crippen molar-refractivity contribution >= 4 is 11.8 Å². The molecule has 0 bridgehead atoms. The maximum Gasteiger partial charge on any atom is 0.219 e. The van der Waals surface area contributed by atoms with E-state index in [0.717, 1.165) is 45.4 Å². The van der Waals surface area contributed by atoms with E-state index in [1.165, 1.54) is 0 Å². The fourth-order valence-electron chi connectivity index (χ4n) is 1.42. The molecule has 0 aliphatic rings. The second kappa shape index (κ2) is 12.4. The van der Waals surface area contributed by atoms with Crippen LogP contribution in [0.15, 0.2) is 0 Å². The smallest absolute Gasteiger partial charge is 0.219 e. The van der Waals surface area contributed by atoms with E-state index in [4.69, 9.17) is 0 Å². The lowest BCUT2D eigenvalue weighted by Gasteiger charge is -2.06. The van der Waals surface area contributed by atoms with Crippen LogP contribution in [0.1, 0.15) is 46.0 Å². The van der Waals surface area contributed by atoms with Gasteiger partial charge < -0.3 is 16.0 Å². The van der Waals surface area contributed by atoms with E-state index in [2.05, 4.69) is 16.0 Å². The summed E-state index contributed by atoms with van der Waals surface area (Å²) >= 11 is 0. The maximum absolute atomic E-state index is 10.9. The van der Waals surface area contributed by atoms with E-state index in [0.29, 0.717) is 12.8 Å². The molecule has 0 spiro atoms. The lowest BCUT2D eigenvalue weighted by atomic mass is 10.3. The fourth-order valence-corrected chi connectivity index (χ4v) is 1.42. The molecule has 0 atom stereocenters. The molecule has 0 aromatic carbocycles. The minimum atomic E-state index is 0.113. The van der Waals surface area contributed by atoms with Crippen LogP contribution in [0.2, 0.25) is 0 Å². The molecule has 0 unspecified atom stereocenters. The van der Waals surface area contributed by atoms with Gasteiger partial charge in [-0.3, -0.25) is 9.59 Å². The molecule has 5 nitrogen and oxygen atoms in total. The van der Waals surface area contributed by atoms with Crippen LogP contribution in [-0.4, -0.2) is 38.0 Å². The van der Waals surface area contributed by atoms with Gasteiger partial charge in [-0.25, -0.2) is 0 Å². The Labute approximate surface area is 110 Å². The van der Waals surface area contributed by atoms with Crippen LogP contribution in [0.25, 0.3) is 0 Å². The van der Waals surface area contributed by atoms with Crippen molar-refractivity contribution in [1.82, 2.24) is 16.0 Å². The monoisotopic (exact) mass is 257 g/mol. The van der Waals surface area contributed by atoms with Crippen LogP contribution in [0.5, 0.6) is 0 Å². The number of amides is 2. The quantitative estimate of drug-likeness (QED) is 0.479. The zero-order valence-electron chi connectivity index (χ0n) is 11.7. The second-order valence-corrected chi connectivity index (χ2v) is 4.22. The number of unbranched alkanes of at least 4 members (excludes halogenated alkanes) is 1. The van der Waals surface area contributed by atoms with Crippen LogP contribution in [0, 0.1) is 0 Å². The minimum absolute atomic E-state index is 0.113. The highest BCUT2D eigenvalue weighted by Crippen LogP contribution is 1.86. The van der Waals surface area contributed by atoms with E-state index in [9.17, 15) is 9.59 Å². The van der Waals surface area contributed by atoms with Crippen molar-refractivity contribution in [2.24, 2.45) is 0 Å². The predicted molar refractivity (Wildman–Crippen MR) is 73.3 cm³/mol.